The van der Waals surface area contributed by atoms with E-state index in [9.17, 15) is 14.7 Å². The van der Waals surface area contributed by atoms with Crippen LogP contribution in [0.15, 0.2) is 59.1 Å². The Morgan fingerprint density at radius 2 is 1.79 bits per heavy atom. The van der Waals surface area contributed by atoms with Crippen LogP contribution in [0.4, 0.5) is 0 Å². The van der Waals surface area contributed by atoms with Crippen LogP contribution in [0.25, 0.3) is 11.3 Å². The van der Waals surface area contributed by atoms with Crippen molar-refractivity contribution >= 4 is 11.9 Å². The minimum Gasteiger partial charge on any atom is -0.497 e. The van der Waals surface area contributed by atoms with Crippen LogP contribution >= 0.6 is 0 Å². The molecule has 0 aliphatic rings. The zero-order chi connectivity index (χ0) is 20.8. The largest absolute Gasteiger partial charge is 0.497 e. The number of carbonyl (C=O) groups is 2. The van der Waals surface area contributed by atoms with Crippen molar-refractivity contribution < 1.29 is 28.7 Å². The highest BCUT2D eigenvalue weighted by Crippen LogP contribution is 2.31. The third-order valence-electron chi connectivity index (χ3n) is 4.21. The highest BCUT2D eigenvalue weighted by atomic mass is 16.5. The third kappa shape index (κ3) is 4.73. The van der Waals surface area contributed by atoms with Gasteiger partial charge in [-0.2, -0.15) is 0 Å². The fourth-order valence-corrected chi connectivity index (χ4v) is 2.83. The number of methoxy groups -OCH3 is 1. The Morgan fingerprint density at radius 3 is 2.41 bits per heavy atom. The molecule has 3 rings (SSSR count). The van der Waals surface area contributed by atoms with Crippen molar-refractivity contribution in [2.45, 2.75) is 13.0 Å². The first-order valence-corrected chi connectivity index (χ1v) is 8.84. The van der Waals surface area contributed by atoms with Crippen LogP contribution in [0, 0.1) is 0 Å². The Morgan fingerprint density at radius 1 is 1.10 bits per heavy atom. The average Bonchev–Trinajstić information content (AvgIpc) is 3.19. The van der Waals surface area contributed by atoms with E-state index in [-0.39, 0.29) is 17.9 Å². The van der Waals surface area contributed by atoms with E-state index in [1.54, 1.807) is 62.6 Å². The number of para-hydroxylation sites is 1. The van der Waals surface area contributed by atoms with E-state index in [2.05, 4.69) is 10.5 Å². The number of ether oxygens (including phenoxy) is 2. The van der Waals surface area contributed by atoms with Crippen molar-refractivity contribution in [2.24, 2.45) is 0 Å². The lowest BCUT2D eigenvalue weighted by Gasteiger charge is -2.15. The maximum absolute atomic E-state index is 12.3. The molecule has 2 N–H and O–H groups in total. The summed E-state index contributed by atoms with van der Waals surface area (Å²) >= 11 is 0. The standard InChI is InChI=1S/C21H20N2O6/c1-13(22-17(24)12-28-16-6-4-3-5-7-16)18-19(23-29-20(18)21(25)26)14-8-10-15(27-2)11-9-14/h3-11,13H,12H2,1-2H3,(H,22,24)(H,25,26)/t13-/m1/s1. The molecule has 0 aliphatic heterocycles. The first-order valence-electron chi connectivity index (χ1n) is 8.84. The maximum atomic E-state index is 12.3. The highest BCUT2D eigenvalue weighted by molar-refractivity contribution is 5.89. The van der Waals surface area contributed by atoms with Gasteiger partial charge in [-0.1, -0.05) is 23.4 Å². The van der Waals surface area contributed by atoms with Crippen molar-refractivity contribution in [3.8, 4) is 22.8 Å². The molecule has 8 heteroatoms. The fourth-order valence-electron chi connectivity index (χ4n) is 2.83. The Hall–Kier alpha value is -3.81. The zero-order valence-corrected chi connectivity index (χ0v) is 15.9. The van der Waals surface area contributed by atoms with Gasteiger partial charge in [-0.15, -0.1) is 0 Å². The van der Waals surface area contributed by atoms with Crippen molar-refractivity contribution in [3.05, 3.63) is 65.9 Å². The molecule has 1 heterocycles. The predicted octanol–water partition coefficient (Wildman–Crippen LogP) is 3.30. The van der Waals surface area contributed by atoms with E-state index in [0.29, 0.717) is 22.8 Å². The molecule has 1 atom stereocenters. The minimum atomic E-state index is -1.27. The van der Waals surface area contributed by atoms with Crippen molar-refractivity contribution in [1.29, 1.82) is 0 Å². The van der Waals surface area contributed by atoms with Gasteiger partial charge in [0.25, 0.3) is 5.91 Å². The molecule has 0 saturated heterocycles. The molecule has 0 bridgehead atoms. The van der Waals surface area contributed by atoms with Gasteiger partial charge in [-0.25, -0.2) is 4.79 Å². The number of carboxylic acids is 1. The number of amides is 1. The Labute approximate surface area is 167 Å². The fraction of sp³-hybridized carbons (Fsp3) is 0.190. The van der Waals surface area contributed by atoms with Gasteiger partial charge in [0.2, 0.25) is 5.76 Å². The SMILES string of the molecule is COc1ccc(-c2noc(C(=O)O)c2[C@@H](C)NC(=O)COc2ccccc2)cc1. The van der Waals surface area contributed by atoms with Crippen LogP contribution in [0.5, 0.6) is 11.5 Å². The van der Waals surface area contributed by atoms with Gasteiger partial charge >= 0.3 is 5.97 Å². The molecule has 3 aromatic rings. The Bertz CT molecular complexity index is 982. The summed E-state index contributed by atoms with van der Waals surface area (Å²) in [5.74, 6) is -0.789. The molecule has 0 spiro atoms. The molecule has 1 amide bonds. The second-order valence-electron chi connectivity index (χ2n) is 6.20. The smallest absolute Gasteiger partial charge is 0.375 e. The molecule has 0 saturated carbocycles. The molecule has 29 heavy (non-hydrogen) atoms. The van der Waals surface area contributed by atoms with Crippen molar-refractivity contribution in [2.75, 3.05) is 13.7 Å². The molecular weight excluding hydrogens is 376 g/mol. The van der Waals surface area contributed by atoms with E-state index < -0.39 is 17.9 Å². The first kappa shape index (κ1) is 19.9. The molecular formula is C21H20N2O6. The van der Waals surface area contributed by atoms with Crippen LogP contribution in [-0.4, -0.2) is 35.9 Å². The molecule has 1 aromatic heterocycles. The van der Waals surface area contributed by atoms with Crippen molar-refractivity contribution in [1.82, 2.24) is 10.5 Å². The van der Waals surface area contributed by atoms with Crippen LogP contribution in [0.2, 0.25) is 0 Å². The summed E-state index contributed by atoms with van der Waals surface area (Å²) in [5, 5.41) is 16.1. The maximum Gasteiger partial charge on any atom is 0.375 e. The first-order chi connectivity index (χ1) is 14.0. The summed E-state index contributed by atoms with van der Waals surface area (Å²) in [4.78, 5) is 23.9. The number of nitrogens with one attached hydrogen (secondary N) is 1. The third-order valence-corrected chi connectivity index (χ3v) is 4.21. The minimum absolute atomic E-state index is 0.208. The number of aromatic nitrogens is 1. The highest BCUT2D eigenvalue weighted by Gasteiger charge is 2.28. The number of rotatable bonds is 8. The van der Waals surface area contributed by atoms with E-state index in [1.165, 1.54) is 0 Å². The number of nitrogens with zero attached hydrogens (tertiary/aromatic N) is 1. The summed E-state index contributed by atoms with van der Waals surface area (Å²) in [6, 6.07) is 15.2. The lowest BCUT2D eigenvalue weighted by Crippen LogP contribution is -2.32. The van der Waals surface area contributed by atoms with Gasteiger partial charge in [0.15, 0.2) is 6.61 Å². The molecule has 0 unspecified atom stereocenters. The molecule has 150 valence electrons. The van der Waals surface area contributed by atoms with Crippen LogP contribution in [-0.2, 0) is 4.79 Å². The lowest BCUT2D eigenvalue weighted by atomic mass is 10.0. The number of aromatic carboxylic acids is 1. The number of carboxylic acid groups (broad SMARTS) is 1. The topological polar surface area (TPSA) is 111 Å². The molecule has 2 aromatic carbocycles. The van der Waals surface area contributed by atoms with Gasteiger partial charge in [0.05, 0.1) is 18.7 Å². The van der Waals surface area contributed by atoms with E-state index in [0.717, 1.165) is 0 Å². The zero-order valence-electron chi connectivity index (χ0n) is 15.9. The number of hydrogen-bond donors (Lipinski definition) is 2. The van der Waals surface area contributed by atoms with Gasteiger partial charge in [-0.05, 0) is 43.3 Å². The van der Waals surface area contributed by atoms with Gasteiger partial charge < -0.3 is 24.4 Å². The number of carbonyl (C=O) groups excluding carboxylic acids is 1. The normalized spacial score (nSPS) is 11.5. The molecule has 0 aliphatic carbocycles. The molecule has 0 radical (unpaired) electrons. The van der Waals surface area contributed by atoms with Gasteiger partial charge in [0.1, 0.15) is 17.2 Å². The van der Waals surface area contributed by atoms with Crippen molar-refractivity contribution in [3.63, 3.8) is 0 Å². The van der Waals surface area contributed by atoms with Gasteiger partial charge in [-0.3, -0.25) is 4.79 Å². The Kier molecular flexibility index (Phi) is 6.13. The summed E-state index contributed by atoms with van der Waals surface area (Å²) in [6.45, 7) is 1.45. The van der Waals surface area contributed by atoms with Crippen LogP contribution in [0.1, 0.15) is 29.1 Å². The summed E-state index contributed by atoms with van der Waals surface area (Å²) in [6.07, 6.45) is 0. The monoisotopic (exact) mass is 396 g/mol. The second-order valence-corrected chi connectivity index (χ2v) is 6.20. The van der Waals surface area contributed by atoms with Crippen LogP contribution < -0.4 is 14.8 Å². The lowest BCUT2D eigenvalue weighted by molar-refractivity contribution is -0.123. The molecule has 8 nitrogen and oxygen atoms in total. The van der Waals surface area contributed by atoms with E-state index in [1.807, 2.05) is 6.07 Å². The van der Waals surface area contributed by atoms with E-state index in [4.69, 9.17) is 14.0 Å². The van der Waals surface area contributed by atoms with Crippen LogP contribution in [0.3, 0.4) is 0 Å². The number of benzene rings is 2. The number of hydrogen-bond acceptors (Lipinski definition) is 6. The quantitative estimate of drug-likeness (QED) is 0.601. The molecule has 0 fully saturated rings. The van der Waals surface area contributed by atoms with E-state index >= 15 is 0 Å². The predicted molar refractivity (Wildman–Crippen MR) is 104 cm³/mol. The Balaban J connectivity index is 1.79. The average molecular weight is 396 g/mol. The second kappa shape index (κ2) is 8.92. The summed E-state index contributed by atoms with van der Waals surface area (Å²) in [7, 11) is 1.55. The summed E-state index contributed by atoms with van der Waals surface area (Å²) < 4.78 is 15.6. The summed E-state index contributed by atoms with van der Waals surface area (Å²) in [5.41, 5.74) is 1.25. The van der Waals surface area contributed by atoms with Gasteiger partial charge in [0, 0.05) is 5.56 Å².